The number of nitrogens with zero attached hydrogens (tertiary/aromatic N) is 4. The lowest BCUT2D eigenvalue weighted by Gasteiger charge is -2.16. The standard InChI is InChI=1S/C19H21IN6O5/c1-21-19(29)30-7-12-14(27)15(28)18(31-12)26-9-25-13-16(23-8-24-17(13)26)22-6-10-3-2-4-11(20)5-10/h2-5,8-9,12,14-15,18,27-28H,6-7H2,1H3,(H,21,29)(H,22,23,24)/t12-,14?,15?,18-/m1/s1. The Kier molecular flexibility index (Phi) is 6.50. The van der Waals surface area contributed by atoms with Gasteiger partial charge in [0.2, 0.25) is 0 Å². The molecule has 2 aromatic heterocycles. The van der Waals surface area contributed by atoms with Gasteiger partial charge in [-0.3, -0.25) is 4.57 Å². The highest BCUT2D eigenvalue weighted by molar-refractivity contribution is 14.1. The fraction of sp³-hybridized carbons (Fsp3) is 0.368. The van der Waals surface area contributed by atoms with Gasteiger partial charge in [-0.05, 0) is 40.3 Å². The Morgan fingerprint density at radius 3 is 2.90 bits per heavy atom. The number of aliphatic hydroxyl groups excluding tert-OH is 2. The highest BCUT2D eigenvalue weighted by Crippen LogP contribution is 2.32. The number of rotatable bonds is 6. The first kappa shape index (κ1) is 21.7. The molecule has 3 heterocycles. The minimum atomic E-state index is -1.26. The summed E-state index contributed by atoms with van der Waals surface area (Å²) in [4.78, 5) is 24.2. The van der Waals surface area contributed by atoms with Gasteiger partial charge in [-0.15, -0.1) is 0 Å². The number of hydrogen-bond acceptors (Lipinski definition) is 9. The summed E-state index contributed by atoms with van der Waals surface area (Å²) in [5.41, 5.74) is 2.03. The maximum Gasteiger partial charge on any atom is 0.406 e. The monoisotopic (exact) mass is 540 g/mol. The lowest BCUT2D eigenvalue weighted by Crippen LogP contribution is -2.35. The van der Waals surface area contributed by atoms with Crippen molar-refractivity contribution in [1.82, 2.24) is 24.8 Å². The molecule has 11 nitrogen and oxygen atoms in total. The Morgan fingerprint density at radius 1 is 1.29 bits per heavy atom. The molecule has 4 atom stereocenters. The number of imidazole rings is 1. The molecule has 0 bridgehead atoms. The maximum atomic E-state index is 11.3. The van der Waals surface area contributed by atoms with Crippen molar-refractivity contribution in [2.45, 2.75) is 31.1 Å². The van der Waals surface area contributed by atoms with Gasteiger partial charge in [0.05, 0.1) is 6.33 Å². The van der Waals surface area contributed by atoms with E-state index >= 15 is 0 Å². The zero-order valence-electron chi connectivity index (χ0n) is 16.5. The topological polar surface area (TPSA) is 144 Å². The van der Waals surface area contributed by atoms with Crippen LogP contribution < -0.4 is 10.6 Å². The third kappa shape index (κ3) is 4.56. The zero-order chi connectivity index (χ0) is 22.0. The Bertz CT molecular complexity index is 1080. The van der Waals surface area contributed by atoms with Gasteiger partial charge < -0.3 is 30.3 Å². The van der Waals surface area contributed by atoms with Gasteiger partial charge in [0.1, 0.15) is 31.2 Å². The molecular weight excluding hydrogens is 519 g/mol. The van der Waals surface area contributed by atoms with Gasteiger partial charge in [0.25, 0.3) is 0 Å². The van der Waals surface area contributed by atoms with Gasteiger partial charge in [-0.25, -0.2) is 19.7 Å². The van der Waals surface area contributed by atoms with Crippen molar-refractivity contribution < 1.29 is 24.5 Å². The minimum Gasteiger partial charge on any atom is -0.447 e. The van der Waals surface area contributed by atoms with Crippen molar-refractivity contribution in [1.29, 1.82) is 0 Å². The number of ether oxygens (including phenoxy) is 2. The molecule has 3 aromatic rings. The molecule has 0 aliphatic carbocycles. The average Bonchev–Trinajstić information content (AvgIpc) is 3.32. The molecule has 0 spiro atoms. The van der Waals surface area contributed by atoms with Gasteiger partial charge in [0.15, 0.2) is 23.2 Å². The van der Waals surface area contributed by atoms with E-state index in [0.29, 0.717) is 23.5 Å². The molecule has 1 amide bonds. The largest absolute Gasteiger partial charge is 0.447 e. The van der Waals surface area contributed by atoms with Crippen molar-refractivity contribution in [3.8, 4) is 0 Å². The molecule has 0 radical (unpaired) electrons. The van der Waals surface area contributed by atoms with Crippen LogP contribution >= 0.6 is 22.6 Å². The average molecular weight is 540 g/mol. The van der Waals surface area contributed by atoms with E-state index < -0.39 is 30.6 Å². The summed E-state index contributed by atoms with van der Waals surface area (Å²) in [5.74, 6) is 0.537. The van der Waals surface area contributed by atoms with Crippen LogP contribution in [0.2, 0.25) is 0 Å². The molecule has 1 aliphatic rings. The maximum absolute atomic E-state index is 11.3. The number of carbonyl (C=O) groups excluding carboxylic acids is 1. The molecular formula is C19H21IN6O5. The first-order valence-electron chi connectivity index (χ1n) is 9.50. The summed E-state index contributed by atoms with van der Waals surface area (Å²) in [7, 11) is 1.42. The highest BCUT2D eigenvalue weighted by Gasteiger charge is 2.45. The predicted molar refractivity (Wildman–Crippen MR) is 118 cm³/mol. The second-order valence-corrected chi connectivity index (χ2v) is 8.17. The van der Waals surface area contributed by atoms with E-state index in [2.05, 4.69) is 54.2 Å². The molecule has 4 N–H and O–H groups in total. The fourth-order valence-corrected chi connectivity index (χ4v) is 3.93. The molecule has 31 heavy (non-hydrogen) atoms. The second-order valence-electron chi connectivity index (χ2n) is 6.92. The van der Waals surface area contributed by atoms with E-state index in [1.54, 1.807) is 0 Å². The number of benzene rings is 1. The Labute approximate surface area is 191 Å². The SMILES string of the molecule is CNC(=O)OC[C@H]1O[C@@H](n2cnc3c(NCc4cccc(I)c4)ncnc32)C(O)C1O. The molecule has 164 valence electrons. The molecule has 4 rings (SSSR count). The molecule has 0 saturated carbocycles. The number of aliphatic hydroxyl groups is 2. The smallest absolute Gasteiger partial charge is 0.406 e. The first-order chi connectivity index (χ1) is 15.0. The van der Waals surface area contributed by atoms with Crippen molar-refractivity contribution in [2.24, 2.45) is 0 Å². The molecule has 2 unspecified atom stereocenters. The summed E-state index contributed by atoms with van der Waals surface area (Å²) in [5, 5.41) is 26.4. The fourth-order valence-electron chi connectivity index (χ4n) is 3.33. The summed E-state index contributed by atoms with van der Waals surface area (Å²) in [6, 6.07) is 8.08. The van der Waals surface area contributed by atoms with Crippen LogP contribution in [0.25, 0.3) is 11.2 Å². The van der Waals surface area contributed by atoms with Gasteiger partial charge in [-0.1, -0.05) is 12.1 Å². The van der Waals surface area contributed by atoms with Crippen LogP contribution in [0.4, 0.5) is 10.6 Å². The van der Waals surface area contributed by atoms with E-state index in [9.17, 15) is 15.0 Å². The minimum absolute atomic E-state index is 0.210. The van der Waals surface area contributed by atoms with E-state index in [1.165, 1.54) is 24.3 Å². The molecule has 1 aromatic carbocycles. The van der Waals surface area contributed by atoms with Crippen LogP contribution in [0, 0.1) is 3.57 Å². The predicted octanol–water partition coefficient (Wildman–Crippen LogP) is 1.02. The van der Waals surface area contributed by atoms with Crippen LogP contribution in [0.5, 0.6) is 0 Å². The van der Waals surface area contributed by atoms with Crippen LogP contribution in [0.3, 0.4) is 0 Å². The van der Waals surface area contributed by atoms with Crippen LogP contribution in [-0.2, 0) is 16.0 Å². The van der Waals surface area contributed by atoms with E-state index in [1.807, 2.05) is 18.2 Å². The van der Waals surface area contributed by atoms with Gasteiger partial charge in [-0.2, -0.15) is 0 Å². The number of hydrogen-bond donors (Lipinski definition) is 4. The molecule has 12 heteroatoms. The Balaban J connectivity index is 1.52. The highest BCUT2D eigenvalue weighted by atomic mass is 127. The summed E-state index contributed by atoms with van der Waals surface area (Å²) >= 11 is 2.26. The van der Waals surface area contributed by atoms with Crippen LogP contribution in [0.15, 0.2) is 36.9 Å². The Morgan fingerprint density at radius 2 is 2.13 bits per heavy atom. The normalized spacial score (nSPS) is 23.1. The number of anilines is 1. The van der Waals surface area contributed by atoms with Crippen LogP contribution in [0.1, 0.15) is 11.8 Å². The lowest BCUT2D eigenvalue weighted by atomic mass is 10.1. The van der Waals surface area contributed by atoms with E-state index in [-0.39, 0.29) is 6.61 Å². The van der Waals surface area contributed by atoms with Gasteiger partial charge in [0, 0.05) is 17.2 Å². The van der Waals surface area contributed by atoms with Crippen molar-refractivity contribution in [3.05, 3.63) is 46.1 Å². The quantitative estimate of drug-likeness (QED) is 0.337. The lowest BCUT2D eigenvalue weighted by molar-refractivity contribution is -0.0531. The number of nitrogens with one attached hydrogen (secondary N) is 2. The third-order valence-corrected chi connectivity index (χ3v) is 5.57. The number of halogens is 1. The van der Waals surface area contributed by atoms with E-state index in [0.717, 1.165) is 9.13 Å². The first-order valence-corrected chi connectivity index (χ1v) is 10.6. The second kappa shape index (κ2) is 9.30. The number of carbonyl (C=O) groups is 1. The zero-order valence-corrected chi connectivity index (χ0v) is 18.6. The molecule has 1 saturated heterocycles. The Hall–Kier alpha value is -2.55. The van der Waals surface area contributed by atoms with Crippen molar-refractivity contribution in [3.63, 3.8) is 0 Å². The third-order valence-electron chi connectivity index (χ3n) is 4.90. The van der Waals surface area contributed by atoms with Crippen LogP contribution in [-0.4, -0.2) is 67.8 Å². The van der Waals surface area contributed by atoms with Gasteiger partial charge >= 0.3 is 6.09 Å². The van der Waals surface area contributed by atoms with Crippen molar-refractivity contribution in [2.75, 3.05) is 19.0 Å². The summed E-state index contributed by atoms with van der Waals surface area (Å²) in [6.07, 6.45) is -2.13. The number of fused-ring (bicyclic) bond motifs is 1. The molecule has 1 aliphatic heterocycles. The number of alkyl carbamates (subject to hydrolysis) is 1. The van der Waals surface area contributed by atoms with E-state index in [4.69, 9.17) is 9.47 Å². The van der Waals surface area contributed by atoms with Crippen molar-refractivity contribution >= 4 is 45.7 Å². The number of amides is 1. The summed E-state index contributed by atoms with van der Waals surface area (Å²) < 4.78 is 13.4. The molecule has 1 fully saturated rings. The number of aromatic nitrogens is 4. The summed E-state index contributed by atoms with van der Waals surface area (Å²) in [6.45, 7) is 0.342.